The summed E-state index contributed by atoms with van der Waals surface area (Å²) in [6, 6.07) is 7.95. The van der Waals surface area contributed by atoms with E-state index < -0.39 is 6.09 Å². The molecule has 12 nitrogen and oxygen atoms in total. The number of alkyl carbamates (subject to hydrolysis) is 2. The van der Waals surface area contributed by atoms with Gasteiger partial charge in [-0.3, -0.25) is 0 Å². The summed E-state index contributed by atoms with van der Waals surface area (Å²) in [5.74, 6) is 6.51. The fourth-order valence-electron chi connectivity index (χ4n) is 1.28. The minimum Gasteiger partial charge on any atom is -0.449 e. The van der Waals surface area contributed by atoms with Gasteiger partial charge in [0.25, 0.3) is 0 Å². The molecule has 2 aliphatic rings. The Morgan fingerprint density at radius 1 is 0.714 bits per heavy atom. The molecule has 2 amide bonds. The van der Waals surface area contributed by atoms with Crippen molar-refractivity contribution in [3.8, 4) is 0 Å². The van der Waals surface area contributed by atoms with E-state index in [9.17, 15) is 9.59 Å². The molecule has 0 saturated carbocycles. The smallest absolute Gasteiger partial charge is 0.407 e. The maximum atomic E-state index is 10.8. The maximum absolute atomic E-state index is 10.8. The Morgan fingerprint density at radius 2 is 1.04 bits per heavy atom. The van der Waals surface area contributed by atoms with Crippen LogP contribution in [0.2, 0.25) is 0 Å². The van der Waals surface area contributed by atoms with Gasteiger partial charge in [0, 0.05) is 47.8 Å². The Morgan fingerprint density at radius 3 is 1.31 bits per heavy atom. The summed E-state index contributed by atoms with van der Waals surface area (Å²) in [5, 5.41) is 4.76. The third-order valence-corrected chi connectivity index (χ3v) is 7.11. The molecule has 1 aromatic rings. The van der Waals surface area contributed by atoms with E-state index in [1.54, 1.807) is 80.8 Å². The van der Waals surface area contributed by atoms with Crippen molar-refractivity contribution >= 4 is 115 Å². The standard InChI is InChI=1S/C10H13NO2S2.C5H11NO2S2.2C2H4S.2C2H6S.2CH5N.2CO2.2CH3/c1-11-10(12)13-7-8-3-5-9(6-4-8)15-14-2;1-6-5(7)8-3-4-10-9-2;2*1-2-3-1;2*1-3-2;2*1-2;2*2-1-3;;/h3-6H,7H2,1-2H3,(H,11,12);3-4H2,1-2H3,(H,6,7);2*1-2H2;2*1-2H3;2*2H2,1H3;;;2*1H3/q;;;;;;;;;;2*-1. The van der Waals surface area contributed by atoms with Crippen molar-refractivity contribution in [3.05, 3.63) is 44.7 Å². The summed E-state index contributed by atoms with van der Waals surface area (Å²) in [6.07, 6.45) is 11.9. The van der Waals surface area contributed by atoms with Gasteiger partial charge in [0.1, 0.15) is 13.2 Å². The number of amides is 2. The highest BCUT2D eigenvalue weighted by Crippen LogP contribution is 2.28. The van der Waals surface area contributed by atoms with Gasteiger partial charge in [-0.05, 0) is 69.3 Å². The van der Waals surface area contributed by atoms with Gasteiger partial charge in [-0.1, -0.05) is 55.3 Å². The second-order valence-corrected chi connectivity index (χ2v) is 15.5. The highest BCUT2D eigenvalue weighted by molar-refractivity contribution is 8.76. The average molecular weight is 849 g/mol. The molecule has 0 aliphatic carbocycles. The molecule has 0 unspecified atom stereocenters. The van der Waals surface area contributed by atoms with Crippen LogP contribution in [0.3, 0.4) is 0 Å². The molecule has 0 spiro atoms. The molecular weight excluding hydrogens is 789 g/mol. The predicted octanol–water partition coefficient (Wildman–Crippen LogP) is 6.57. The first-order chi connectivity index (χ1) is 22.7. The summed E-state index contributed by atoms with van der Waals surface area (Å²) in [7, 11) is 12.8. The van der Waals surface area contributed by atoms with Gasteiger partial charge in [-0.2, -0.15) is 66.2 Å². The van der Waals surface area contributed by atoms with Crippen LogP contribution >= 0.6 is 90.2 Å². The molecule has 49 heavy (non-hydrogen) atoms. The molecule has 2 fully saturated rings. The highest BCUT2D eigenvalue weighted by Gasteiger charge is 2.00. The molecule has 20 heteroatoms. The van der Waals surface area contributed by atoms with Crippen molar-refractivity contribution in [2.24, 2.45) is 11.5 Å². The number of hydrogen-bond acceptors (Lipinski definition) is 18. The van der Waals surface area contributed by atoms with E-state index in [1.165, 1.54) is 42.0 Å². The van der Waals surface area contributed by atoms with Crippen LogP contribution in [-0.2, 0) is 35.3 Å². The Balaban J connectivity index is -0.0000000582. The van der Waals surface area contributed by atoms with E-state index >= 15 is 0 Å². The van der Waals surface area contributed by atoms with Gasteiger partial charge in [-0.15, -0.1) is 0 Å². The molecule has 0 atom stereocenters. The zero-order valence-corrected chi connectivity index (χ0v) is 37.5. The van der Waals surface area contributed by atoms with Gasteiger partial charge < -0.3 is 46.4 Å². The highest BCUT2D eigenvalue weighted by atomic mass is 33.1. The normalized spacial score (nSPS) is 9.06. The summed E-state index contributed by atoms with van der Waals surface area (Å²) < 4.78 is 9.62. The molecule has 2 heterocycles. The summed E-state index contributed by atoms with van der Waals surface area (Å²) in [5.41, 5.74) is 9.99. The van der Waals surface area contributed by atoms with E-state index in [0.717, 1.165) is 11.3 Å². The first-order valence-electron chi connectivity index (χ1n) is 13.0. The molecule has 0 radical (unpaired) electrons. The summed E-state index contributed by atoms with van der Waals surface area (Å²) in [4.78, 5) is 54.9. The number of benzene rings is 1. The van der Waals surface area contributed by atoms with Crippen molar-refractivity contribution in [2.75, 3.05) is 101 Å². The zero-order valence-electron chi connectivity index (χ0n) is 30.9. The Bertz CT molecular complexity index is 767. The topological polar surface area (TPSA) is 197 Å². The van der Waals surface area contributed by atoms with E-state index in [1.807, 2.05) is 85.3 Å². The van der Waals surface area contributed by atoms with Crippen molar-refractivity contribution in [1.29, 1.82) is 0 Å². The first-order valence-corrected chi connectivity index (χ1v) is 23.8. The molecule has 294 valence electrons. The second-order valence-electron chi connectivity index (χ2n) is 6.30. The van der Waals surface area contributed by atoms with Gasteiger partial charge in [0.15, 0.2) is 0 Å². The molecular formula is C29H60N4O8S8-2. The summed E-state index contributed by atoms with van der Waals surface area (Å²) in [6.45, 7) is 0.787. The van der Waals surface area contributed by atoms with Crippen LogP contribution in [0.25, 0.3) is 0 Å². The molecule has 1 aromatic carbocycles. The van der Waals surface area contributed by atoms with Crippen molar-refractivity contribution in [2.45, 2.75) is 11.5 Å². The lowest BCUT2D eigenvalue weighted by atomic mass is 10.2. The van der Waals surface area contributed by atoms with Gasteiger partial charge >= 0.3 is 24.5 Å². The minimum absolute atomic E-state index is 0. The fourth-order valence-corrected chi connectivity index (χ4v) is 3.65. The molecule has 3 rings (SSSR count). The number of nitrogens with one attached hydrogen (secondary N) is 2. The van der Waals surface area contributed by atoms with E-state index in [2.05, 4.69) is 22.1 Å². The Hall–Kier alpha value is -0.760. The molecule has 6 N–H and O–H groups in total. The van der Waals surface area contributed by atoms with Crippen LogP contribution in [0.15, 0.2) is 29.2 Å². The van der Waals surface area contributed by atoms with Gasteiger partial charge in [0.2, 0.25) is 0 Å². The van der Waals surface area contributed by atoms with Crippen molar-refractivity contribution in [3.63, 3.8) is 0 Å². The largest absolute Gasteiger partial charge is 0.449 e. The average Bonchev–Trinajstić information content (AvgIpc) is 3.98. The van der Waals surface area contributed by atoms with Crippen molar-refractivity contribution in [1.82, 2.24) is 10.6 Å². The monoisotopic (exact) mass is 848 g/mol. The lowest BCUT2D eigenvalue weighted by molar-refractivity contribution is -0.193. The molecule has 2 saturated heterocycles. The number of thioether (sulfide) groups is 4. The molecule has 0 bridgehead atoms. The molecule has 2 aliphatic heterocycles. The third kappa shape index (κ3) is 113. The van der Waals surface area contributed by atoms with E-state index in [0.29, 0.717) is 13.2 Å². The first kappa shape index (κ1) is 69.9. The van der Waals surface area contributed by atoms with Crippen LogP contribution in [0, 0.1) is 14.9 Å². The van der Waals surface area contributed by atoms with Crippen LogP contribution in [0.4, 0.5) is 9.59 Å². The Labute approximate surface area is 330 Å². The Kier molecular flexibility index (Phi) is 110. The number of hydrogen-bond donors (Lipinski definition) is 4. The number of carbonyl (C=O) groups excluding carboxylic acids is 6. The van der Waals surface area contributed by atoms with E-state index in [-0.39, 0.29) is 33.2 Å². The third-order valence-electron chi connectivity index (χ3n) is 2.81. The SMILES string of the molecule is C1CS1.C1CS1.CN.CN.CNC(=O)OCCSSC.CNC(=O)OCc1ccc(SSC)cc1.CSC.CSC.O=C=O.O=C=O.[CH3-].[CH3-]. The molecule has 0 aromatic heterocycles. The van der Waals surface area contributed by atoms with Gasteiger partial charge in [-0.25, -0.2) is 9.59 Å². The van der Waals surface area contributed by atoms with Crippen molar-refractivity contribution < 1.29 is 38.2 Å². The van der Waals surface area contributed by atoms with Crippen LogP contribution < -0.4 is 22.1 Å². The quantitative estimate of drug-likeness (QED) is 0.0947. The minimum atomic E-state index is -0.405. The van der Waals surface area contributed by atoms with E-state index in [4.69, 9.17) is 28.7 Å². The fraction of sp³-hybridized carbons (Fsp3) is 0.586. The second kappa shape index (κ2) is 76.9. The van der Waals surface area contributed by atoms with Gasteiger partial charge in [0.05, 0.1) is 0 Å². The number of rotatable bonds is 8. The number of carbonyl (C=O) groups is 2. The van der Waals surface area contributed by atoms with Crippen LogP contribution in [0.1, 0.15) is 5.56 Å². The number of ether oxygens (including phenoxy) is 2. The lowest BCUT2D eigenvalue weighted by Crippen LogP contribution is -2.20. The van der Waals surface area contributed by atoms with Crippen LogP contribution in [-0.4, -0.2) is 126 Å². The predicted molar refractivity (Wildman–Crippen MR) is 228 cm³/mol. The summed E-state index contributed by atoms with van der Waals surface area (Å²) >= 11 is 7.50. The number of nitrogens with two attached hydrogens (primary N) is 2. The maximum Gasteiger partial charge on any atom is 0.407 e. The zero-order chi connectivity index (χ0) is 38.0. The lowest BCUT2D eigenvalue weighted by Gasteiger charge is -2.04. The van der Waals surface area contributed by atoms with Crippen LogP contribution in [0.5, 0.6) is 0 Å².